The van der Waals surface area contributed by atoms with Crippen LogP contribution >= 0.6 is 0 Å². The van der Waals surface area contributed by atoms with Crippen molar-refractivity contribution in [2.24, 2.45) is 16.7 Å². The van der Waals surface area contributed by atoms with E-state index in [4.69, 9.17) is 9.59 Å². The lowest BCUT2D eigenvalue weighted by molar-refractivity contribution is -0.191. The lowest BCUT2D eigenvalue weighted by atomic mass is 9.75. The van der Waals surface area contributed by atoms with Crippen molar-refractivity contribution in [3.63, 3.8) is 0 Å². The van der Waals surface area contributed by atoms with Crippen LogP contribution in [-0.4, -0.2) is 40.9 Å². The van der Waals surface area contributed by atoms with Crippen molar-refractivity contribution in [2.45, 2.75) is 67.4 Å². The fourth-order valence-corrected chi connectivity index (χ4v) is 4.19. The van der Waals surface area contributed by atoms with Crippen molar-refractivity contribution < 1.29 is 19.5 Å². The van der Waals surface area contributed by atoms with Crippen LogP contribution in [-0.2, 0) is 25.3 Å². The molecule has 0 radical (unpaired) electrons. The Bertz CT molecular complexity index is 372. The summed E-state index contributed by atoms with van der Waals surface area (Å²) in [6.45, 7) is 14.5. The molecule has 0 aliphatic rings. The fourth-order valence-electron chi connectivity index (χ4n) is 2.52. The lowest BCUT2D eigenvalue weighted by Gasteiger charge is -2.29. The number of aliphatic hydroxyl groups excluding tert-OH is 1. The average Bonchev–Trinajstić information content (AvgIpc) is 2.31. The predicted molar refractivity (Wildman–Crippen MR) is 103 cm³/mol. The minimum atomic E-state index is -0.257. The Balaban J connectivity index is -0.00000102. The van der Waals surface area contributed by atoms with Crippen molar-refractivity contribution in [1.82, 2.24) is 0 Å². The molecule has 2 unspecified atom stereocenters. The van der Waals surface area contributed by atoms with E-state index in [9.17, 15) is 9.90 Å². The van der Waals surface area contributed by atoms with Crippen LogP contribution in [0.15, 0.2) is 0 Å². The summed E-state index contributed by atoms with van der Waals surface area (Å²) in [5, 5.41) is 9.45. The molecule has 0 bridgehead atoms. The molecule has 144 valence electrons. The van der Waals surface area contributed by atoms with E-state index in [1.807, 2.05) is 27.7 Å². The SMILES string of the molecule is CC(O)C[S+](C)CC[C@H](CC(C)(C)C)C(=O)C(C)(C)C.O=C=O.[CH3-]. The van der Waals surface area contributed by atoms with E-state index in [2.05, 4.69) is 27.0 Å². The molecule has 0 aromatic carbocycles. The summed E-state index contributed by atoms with van der Waals surface area (Å²) in [6.07, 6.45) is 4.12. The zero-order valence-electron chi connectivity index (χ0n) is 17.1. The molecule has 0 rings (SSSR count). The molecule has 4 nitrogen and oxygen atoms in total. The molecule has 0 aliphatic heterocycles. The van der Waals surface area contributed by atoms with Gasteiger partial charge in [0.15, 0.2) is 0 Å². The molecule has 0 amide bonds. The van der Waals surface area contributed by atoms with Gasteiger partial charge in [-0.05, 0) is 29.7 Å². The molecule has 0 saturated carbocycles. The summed E-state index contributed by atoms with van der Waals surface area (Å²) in [6, 6.07) is 0. The average molecular weight is 363 g/mol. The summed E-state index contributed by atoms with van der Waals surface area (Å²) in [5.74, 6) is 2.44. The van der Waals surface area contributed by atoms with Crippen LogP contribution < -0.4 is 0 Å². The highest BCUT2D eigenvalue weighted by molar-refractivity contribution is 7.96. The minimum Gasteiger partial charge on any atom is -0.389 e. The molecule has 3 atom stereocenters. The molecular weight excluding hydrogens is 324 g/mol. The number of ketones is 1. The summed E-state index contributed by atoms with van der Waals surface area (Å²) in [7, 11) is 0.205. The van der Waals surface area contributed by atoms with E-state index in [0.717, 1.165) is 24.3 Å². The smallest absolute Gasteiger partial charge is 0.373 e. The summed E-state index contributed by atoms with van der Waals surface area (Å²) >= 11 is 0. The molecule has 0 aliphatic carbocycles. The van der Waals surface area contributed by atoms with E-state index < -0.39 is 0 Å². The van der Waals surface area contributed by atoms with E-state index in [0.29, 0.717) is 5.78 Å². The van der Waals surface area contributed by atoms with Gasteiger partial charge >= 0.3 is 6.15 Å². The van der Waals surface area contributed by atoms with Crippen LogP contribution in [0.4, 0.5) is 0 Å². The van der Waals surface area contributed by atoms with Gasteiger partial charge in [0.25, 0.3) is 0 Å². The molecule has 0 aromatic heterocycles. The first-order chi connectivity index (χ1) is 10.2. The van der Waals surface area contributed by atoms with Crippen LogP contribution in [0.25, 0.3) is 0 Å². The zero-order valence-corrected chi connectivity index (χ0v) is 17.9. The van der Waals surface area contributed by atoms with Gasteiger partial charge in [0.05, 0.1) is 12.4 Å². The maximum Gasteiger partial charge on any atom is 0.373 e. The molecule has 0 saturated heterocycles. The van der Waals surface area contributed by atoms with Gasteiger partial charge in [0, 0.05) is 17.8 Å². The van der Waals surface area contributed by atoms with Crippen molar-refractivity contribution in [3.05, 3.63) is 7.43 Å². The molecular formula is C19H38O4S. The molecule has 24 heavy (non-hydrogen) atoms. The van der Waals surface area contributed by atoms with Crippen LogP contribution in [0, 0.1) is 24.2 Å². The van der Waals surface area contributed by atoms with E-state index in [1.54, 1.807) is 0 Å². The minimum absolute atomic E-state index is 0. The van der Waals surface area contributed by atoms with E-state index in [1.165, 1.54) is 0 Å². The number of carbonyl (C=O) groups excluding carboxylic acids is 3. The maximum atomic E-state index is 12.6. The summed E-state index contributed by atoms with van der Waals surface area (Å²) in [4.78, 5) is 28.9. The largest absolute Gasteiger partial charge is 0.389 e. The maximum absolute atomic E-state index is 12.6. The highest BCUT2D eigenvalue weighted by Crippen LogP contribution is 2.32. The Labute approximate surface area is 152 Å². The molecule has 0 fully saturated rings. The topological polar surface area (TPSA) is 71.4 Å². The van der Waals surface area contributed by atoms with Gasteiger partial charge in [-0.1, -0.05) is 41.5 Å². The van der Waals surface area contributed by atoms with Gasteiger partial charge in [-0.15, -0.1) is 0 Å². The van der Waals surface area contributed by atoms with Gasteiger partial charge in [0.2, 0.25) is 0 Å². The Morgan fingerprint density at radius 3 is 1.83 bits per heavy atom. The van der Waals surface area contributed by atoms with Crippen molar-refractivity contribution in [3.8, 4) is 0 Å². The first-order valence-corrected chi connectivity index (χ1v) is 10.0. The highest BCUT2D eigenvalue weighted by Gasteiger charge is 2.33. The normalized spacial score (nSPS) is 15.0. The van der Waals surface area contributed by atoms with Crippen LogP contribution in [0.1, 0.15) is 61.3 Å². The second kappa shape index (κ2) is 12.7. The highest BCUT2D eigenvalue weighted by atomic mass is 32.2. The third kappa shape index (κ3) is 16.2. The lowest BCUT2D eigenvalue weighted by Crippen LogP contribution is -2.33. The first kappa shape index (κ1) is 28.2. The third-order valence-electron chi connectivity index (χ3n) is 3.31. The van der Waals surface area contributed by atoms with Crippen molar-refractivity contribution in [1.29, 1.82) is 0 Å². The second-order valence-corrected chi connectivity index (χ2v) is 10.8. The Morgan fingerprint density at radius 1 is 1.12 bits per heavy atom. The predicted octanol–water partition coefficient (Wildman–Crippen LogP) is 3.54. The number of rotatable bonds is 7. The number of hydrogen-bond donors (Lipinski definition) is 1. The van der Waals surface area contributed by atoms with Crippen LogP contribution in [0.2, 0.25) is 0 Å². The van der Waals surface area contributed by atoms with Gasteiger partial charge in [0.1, 0.15) is 17.3 Å². The zero-order chi connectivity index (χ0) is 18.8. The van der Waals surface area contributed by atoms with Crippen molar-refractivity contribution in [2.75, 3.05) is 17.8 Å². The van der Waals surface area contributed by atoms with Crippen molar-refractivity contribution >= 4 is 22.8 Å². The number of carbonyl (C=O) groups is 1. The van der Waals surface area contributed by atoms with E-state index >= 15 is 0 Å². The second-order valence-electron chi connectivity index (χ2n) is 8.45. The summed E-state index contributed by atoms with van der Waals surface area (Å²) < 4.78 is 0. The first-order valence-electron chi connectivity index (χ1n) is 8.05. The van der Waals surface area contributed by atoms with Gasteiger partial charge in [-0.25, -0.2) is 0 Å². The molecule has 0 spiro atoms. The van der Waals surface area contributed by atoms with Gasteiger partial charge in [-0.2, -0.15) is 9.59 Å². The number of hydrogen-bond acceptors (Lipinski definition) is 4. The van der Waals surface area contributed by atoms with Gasteiger partial charge < -0.3 is 12.5 Å². The molecule has 1 N–H and O–H groups in total. The Hall–Kier alpha value is -0.640. The quantitative estimate of drug-likeness (QED) is 0.555. The third-order valence-corrected chi connectivity index (χ3v) is 5.29. The van der Waals surface area contributed by atoms with Crippen LogP contribution in [0.3, 0.4) is 0 Å². The van der Waals surface area contributed by atoms with E-state index in [-0.39, 0.29) is 47.3 Å². The fraction of sp³-hybridized carbons (Fsp3) is 0.842. The summed E-state index contributed by atoms with van der Waals surface area (Å²) in [5.41, 5.74) is -0.0747. The monoisotopic (exact) mass is 362 g/mol. The van der Waals surface area contributed by atoms with Crippen LogP contribution in [0.5, 0.6) is 0 Å². The number of aliphatic hydroxyl groups is 1. The molecule has 0 aromatic rings. The van der Waals surface area contributed by atoms with Gasteiger partial charge in [-0.3, -0.25) is 4.79 Å². The standard InChI is InChI=1S/C17H35O2S.CO2.CH3/c1-13(18)12-20(8)10-9-14(11-16(2,3)4)15(19)17(5,6)7;2-1-3;/h13-14,18H,9-12H2,1-8H3;;1H3/q+1;;-1/t13?,14-,20?;;/m1../s1. The Morgan fingerprint density at radius 2 is 1.54 bits per heavy atom. The molecule has 0 heterocycles. The molecule has 5 heteroatoms. The Kier molecular flexibility index (Phi) is 14.9. The number of Topliss-reactive ketones (excluding diaryl/α,β-unsaturated/α-hetero) is 1.